The number of carbonyl (C=O) groups is 1. The van der Waals surface area contributed by atoms with Crippen LogP contribution in [0.4, 0.5) is 5.69 Å². The van der Waals surface area contributed by atoms with E-state index < -0.39 is 15.6 Å². The first-order valence-corrected chi connectivity index (χ1v) is 12.9. The fraction of sp³-hybridized carbons (Fsp3) is 0.320. The zero-order chi connectivity index (χ0) is 25.0. The van der Waals surface area contributed by atoms with Gasteiger partial charge in [-0.1, -0.05) is 37.3 Å². The van der Waals surface area contributed by atoms with Crippen molar-refractivity contribution in [1.29, 1.82) is 0 Å². The highest BCUT2D eigenvalue weighted by atomic mass is 32.2. The standard InChI is InChI=1S/C25H28N4O5S/c1-3-19-6-4-5-7-21(19)26-24(30)17-29-25(31)11-10-22(27-29)20-9-8-18(2)23(16-20)35(32,33)28-12-14-34-15-13-28/h4-11,16H,3,12-15,17H2,1-2H3,(H,26,30). The number of carbonyl (C=O) groups excluding carboxylic acids is 1. The molecule has 10 heteroatoms. The van der Waals surface area contributed by atoms with Gasteiger partial charge in [-0.25, -0.2) is 13.1 Å². The molecule has 1 saturated heterocycles. The number of nitrogens with zero attached hydrogens (tertiary/aromatic N) is 3. The smallest absolute Gasteiger partial charge is 0.267 e. The molecule has 1 fully saturated rings. The molecule has 2 heterocycles. The minimum absolute atomic E-state index is 0.186. The summed E-state index contributed by atoms with van der Waals surface area (Å²) in [5, 5.41) is 7.18. The molecule has 0 bridgehead atoms. The van der Waals surface area contributed by atoms with E-state index in [1.807, 2.05) is 31.2 Å². The monoisotopic (exact) mass is 496 g/mol. The van der Waals surface area contributed by atoms with Gasteiger partial charge in [0.25, 0.3) is 5.56 Å². The second kappa shape index (κ2) is 10.5. The zero-order valence-corrected chi connectivity index (χ0v) is 20.5. The first-order valence-electron chi connectivity index (χ1n) is 11.4. The maximum atomic E-state index is 13.2. The molecular formula is C25H28N4O5S. The van der Waals surface area contributed by atoms with E-state index in [4.69, 9.17) is 4.74 Å². The summed E-state index contributed by atoms with van der Waals surface area (Å²) in [5.74, 6) is -0.378. The molecule has 184 valence electrons. The Hall–Kier alpha value is -3.34. The van der Waals surface area contributed by atoms with E-state index >= 15 is 0 Å². The Morgan fingerprint density at radius 2 is 1.83 bits per heavy atom. The van der Waals surface area contributed by atoms with Crippen LogP contribution in [-0.2, 0) is 32.5 Å². The van der Waals surface area contributed by atoms with Crippen molar-refractivity contribution in [3.05, 3.63) is 76.1 Å². The van der Waals surface area contributed by atoms with Crippen molar-refractivity contribution in [2.45, 2.75) is 31.7 Å². The molecule has 1 N–H and O–H groups in total. The van der Waals surface area contributed by atoms with Gasteiger partial charge < -0.3 is 10.1 Å². The van der Waals surface area contributed by atoms with Crippen LogP contribution in [0, 0.1) is 6.92 Å². The zero-order valence-electron chi connectivity index (χ0n) is 19.7. The summed E-state index contributed by atoms with van der Waals surface area (Å²) >= 11 is 0. The molecule has 1 aliphatic rings. The molecular weight excluding hydrogens is 468 g/mol. The molecule has 9 nitrogen and oxygen atoms in total. The molecule has 2 aromatic carbocycles. The summed E-state index contributed by atoms with van der Waals surface area (Å²) in [4.78, 5) is 25.2. The van der Waals surface area contributed by atoms with Crippen LogP contribution in [0.1, 0.15) is 18.1 Å². The average molecular weight is 497 g/mol. The minimum Gasteiger partial charge on any atom is -0.379 e. The van der Waals surface area contributed by atoms with Crippen molar-refractivity contribution < 1.29 is 17.9 Å². The summed E-state index contributed by atoms with van der Waals surface area (Å²) in [6.07, 6.45) is 0.757. The number of aromatic nitrogens is 2. The van der Waals surface area contributed by atoms with Crippen LogP contribution in [0.3, 0.4) is 0 Å². The van der Waals surface area contributed by atoms with Gasteiger partial charge in [0.15, 0.2) is 0 Å². The first-order chi connectivity index (χ1) is 16.8. The van der Waals surface area contributed by atoms with Gasteiger partial charge in [-0.15, -0.1) is 0 Å². The van der Waals surface area contributed by atoms with E-state index in [1.54, 1.807) is 25.1 Å². The van der Waals surface area contributed by atoms with Crippen LogP contribution >= 0.6 is 0 Å². The molecule has 1 aromatic heterocycles. The maximum absolute atomic E-state index is 13.2. The van der Waals surface area contributed by atoms with Crippen molar-refractivity contribution in [2.75, 3.05) is 31.6 Å². The van der Waals surface area contributed by atoms with Crippen molar-refractivity contribution in [1.82, 2.24) is 14.1 Å². The molecule has 0 spiro atoms. The third kappa shape index (κ3) is 5.50. The average Bonchev–Trinajstić information content (AvgIpc) is 2.86. The van der Waals surface area contributed by atoms with E-state index in [0.717, 1.165) is 16.7 Å². The van der Waals surface area contributed by atoms with Crippen molar-refractivity contribution in [2.24, 2.45) is 0 Å². The third-order valence-electron chi connectivity index (χ3n) is 5.90. The lowest BCUT2D eigenvalue weighted by atomic mass is 10.1. The predicted octanol–water partition coefficient (Wildman–Crippen LogP) is 2.44. The van der Waals surface area contributed by atoms with E-state index in [0.29, 0.717) is 48.8 Å². The highest BCUT2D eigenvalue weighted by Crippen LogP contribution is 2.26. The topological polar surface area (TPSA) is 111 Å². The number of benzene rings is 2. The predicted molar refractivity (Wildman–Crippen MR) is 133 cm³/mol. The Morgan fingerprint density at radius 1 is 1.09 bits per heavy atom. The van der Waals surface area contributed by atoms with E-state index in [1.165, 1.54) is 16.4 Å². The Bertz CT molecular complexity index is 1390. The summed E-state index contributed by atoms with van der Waals surface area (Å²) in [6.45, 7) is 4.77. The van der Waals surface area contributed by atoms with E-state index in [2.05, 4.69) is 10.4 Å². The van der Waals surface area contributed by atoms with Crippen LogP contribution in [0.25, 0.3) is 11.3 Å². The number of sulfonamides is 1. The highest BCUT2D eigenvalue weighted by Gasteiger charge is 2.28. The van der Waals surface area contributed by atoms with Gasteiger partial charge in [0, 0.05) is 30.4 Å². The maximum Gasteiger partial charge on any atom is 0.267 e. The summed E-state index contributed by atoms with van der Waals surface area (Å²) in [6, 6.07) is 15.4. The second-order valence-electron chi connectivity index (χ2n) is 8.27. The van der Waals surface area contributed by atoms with Crippen molar-refractivity contribution in [3.8, 4) is 11.3 Å². The quantitative estimate of drug-likeness (QED) is 0.538. The molecule has 0 aliphatic carbocycles. The lowest BCUT2D eigenvalue weighted by Crippen LogP contribution is -2.40. The number of amides is 1. The molecule has 1 aliphatic heterocycles. The normalized spacial score (nSPS) is 14.6. The largest absolute Gasteiger partial charge is 0.379 e. The summed E-state index contributed by atoms with van der Waals surface area (Å²) in [7, 11) is -3.71. The molecule has 0 radical (unpaired) electrons. The van der Waals surface area contributed by atoms with Gasteiger partial charge >= 0.3 is 0 Å². The molecule has 0 atom stereocenters. The number of hydrogen-bond acceptors (Lipinski definition) is 6. The molecule has 1 amide bonds. The van der Waals surface area contributed by atoms with Gasteiger partial charge in [-0.2, -0.15) is 9.40 Å². The summed E-state index contributed by atoms with van der Waals surface area (Å²) in [5.41, 5.74) is 2.80. The van der Waals surface area contributed by atoms with Crippen LogP contribution in [0.2, 0.25) is 0 Å². The molecule has 0 saturated carbocycles. The number of hydrogen-bond donors (Lipinski definition) is 1. The first kappa shape index (κ1) is 24.8. The lowest BCUT2D eigenvalue weighted by Gasteiger charge is -2.26. The molecule has 4 rings (SSSR count). The highest BCUT2D eigenvalue weighted by molar-refractivity contribution is 7.89. The number of ether oxygens (including phenoxy) is 1. The lowest BCUT2D eigenvalue weighted by molar-refractivity contribution is -0.117. The van der Waals surface area contributed by atoms with Crippen molar-refractivity contribution in [3.63, 3.8) is 0 Å². The van der Waals surface area contributed by atoms with Gasteiger partial charge in [0.05, 0.1) is 23.8 Å². The second-order valence-corrected chi connectivity index (χ2v) is 10.2. The summed E-state index contributed by atoms with van der Waals surface area (Å²) < 4.78 is 34.2. The third-order valence-corrected chi connectivity index (χ3v) is 7.94. The number of nitrogens with one attached hydrogen (secondary N) is 1. The minimum atomic E-state index is -3.71. The number of aryl methyl sites for hydroxylation is 2. The number of morpholine rings is 1. The molecule has 35 heavy (non-hydrogen) atoms. The fourth-order valence-electron chi connectivity index (χ4n) is 3.96. The Morgan fingerprint density at radius 3 is 2.57 bits per heavy atom. The number of anilines is 1. The SMILES string of the molecule is CCc1ccccc1NC(=O)Cn1nc(-c2ccc(C)c(S(=O)(=O)N3CCOCC3)c2)ccc1=O. The molecule has 0 unspecified atom stereocenters. The fourth-order valence-corrected chi connectivity index (χ4v) is 5.61. The van der Waals surface area contributed by atoms with Crippen LogP contribution < -0.4 is 10.9 Å². The van der Waals surface area contributed by atoms with Gasteiger partial charge in [-0.05, 0) is 42.7 Å². The van der Waals surface area contributed by atoms with Gasteiger partial charge in [0.2, 0.25) is 15.9 Å². The number of rotatable bonds is 7. The van der Waals surface area contributed by atoms with Gasteiger partial charge in [-0.3, -0.25) is 9.59 Å². The Labute approximate surface area is 204 Å². The van der Waals surface area contributed by atoms with E-state index in [-0.39, 0.29) is 17.3 Å². The van der Waals surface area contributed by atoms with Crippen LogP contribution in [0.5, 0.6) is 0 Å². The van der Waals surface area contributed by atoms with Crippen LogP contribution in [0.15, 0.2) is 64.3 Å². The molecule has 3 aromatic rings. The van der Waals surface area contributed by atoms with Gasteiger partial charge in [0.1, 0.15) is 6.54 Å². The van der Waals surface area contributed by atoms with Crippen LogP contribution in [-0.4, -0.2) is 54.7 Å². The van der Waals surface area contributed by atoms with Crippen molar-refractivity contribution >= 4 is 21.6 Å². The van der Waals surface area contributed by atoms with E-state index in [9.17, 15) is 18.0 Å². The number of para-hydroxylation sites is 1. The Balaban J connectivity index is 1.60. The Kier molecular flexibility index (Phi) is 7.44.